The van der Waals surface area contributed by atoms with Gasteiger partial charge in [0.05, 0.1) is 22.8 Å². The van der Waals surface area contributed by atoms with Gasteiger partial charge in [-0.05, 0) is 31.2 Å². The van der Waals surface area contributed by atoms with E-state index >= 15 is 0 Å². The van der Waals surface area contributed by atoms with Gasteiger partial charge in [0.15, 0.2) is 0 Å². The summed E-state index contributed by atoms with van der Waals surface area (Å²) in [5, 5.41) is 8.01. The Bertz CT molecular complexity index is 1520. The average Bonchev–Trinajstić information content (AvgIpc) is 3.44. The Hall–Kier alpha value is -3.85. The fourth-order valence-corrected chi connectivity index (χ4v) is 5.51. The predicted molar refractivity (Wildman–Crippen MR) is 160 cm³/mol. The van der Waals surface area contributed by atoms with Gasteiger partial charge in [-0.3, -0.25) is 14.4 Å². The summed E-state index contributed by atoms with van der Waals surface area (Å²) in [6.07, 6.45) is 0.621. The molecular formula is C28H32ClF3N8O3S. The number of halogens is 4. The first-order valence-corrected chi connectivity index (χ1v) is 15.0. The molecule has 3 aromatic heterocycles. The zero-order valence-corrected chi connectivity index (χ0v) is 26.0. The molecule has 11 nitrogen and oxygen atoms in total. The van der Waals surface area contributed by atoms with E-state index in [2.05, 4.69) is 35.9 Å². The number of pyridine rings is 1. The number of thiazole rings is 1. The molecule has 0 aliphatic carbocycles. The van der Waals surface area contributed by atoms with Gasteiger partial charge in [-0.15, -0.1) is 11.3 Å². The van der Waals surface area contributed by atoms with E-state index in [1.165, 1.54) is 12.5 Å². The van der Waals surface area contributed by atoms with Crippen LogP contribution in [0.15, 0.2) is 30.9 Å². The van der Waals surface area contributed by atoms with Crippen LogP contribution in [0.25, 0.3) is 0 Å². The number of aromatic nitrogens is 4. The van der Waals surface area contributed by atoms with Crippen LogP contribution >= 0.6 is 22.9 Å². The van der Waals surface area contributed by atoms with Crippen molar-refractivity contribution < 1.29 is 27.6 Å². The number of rotatable bonds is 8. The maximum atomic E-state index is 13.1. The number of amides is 3. The van der Waals surface area contributed by atoms with Crippen LogP contribution in [0.3, 0.4) is 0 Å². The summed E-state index contributed by atoms with van der Waals surface area (Å²) in [5.74, 6) is -0.880. The molecule has 16 heteroatoms. The predicted octanol–water partition coefficient (Wildman–Crippen LogP) is 5.26. The van der Waals surface area contributed by atoms with E-state index in [1.54, 1.807) is 13.0 Å². The number of carbonyl (C=O) groups excluding carboxylic acids is 3. The summed E-state index contributed by atoms with van der Waals surface area (Å²) < 4.78 is 39.4. The molecule has 3 amide bonds. The molecule has 3 aromatic rings. The molecule has 0 radical (unpaired) electrons. The second kappa shape index (κ2) is 13.4. The van der Waals surface area contributed by atoms with Gasteiger partial charge in [-0.25, -0.2) is 19.9 Å². The minimum absolute atomic E-state index is 0.0390. The minimum Gasteiger partial charge on any atom is -0.356 e. The van der Waals surface area contributed by atoms with E-state index in [0.717, 1.165) is 30.4 Å². The van der Waals surface area contributed by atoms with Crippen LogP contribution in [-0.2, 0) is 11.0 Å². The van der Waals surface area contributed by atoms with E-state index in [0.29, 0.717) is 36.4 Å². The largest absolute Gasteiger partial charge is 0.418 e. The van der Waals surface area contributed by atoms with Crippen molar-refractivity contribution in [3.05, 3.63) is 57.0 Å². The summed E-state index contributed by atoms with van der Waals surface area (Å²) in [4.78, 5) is 56.4. The molecule has 0 aromatic carbocycles. The summed E-state index contributed by atoms with van der Waals surface area (Å²) in [7, 11) is 0. The van der Waals surface area contributed by atoms with Crippen molar-refractivity contribution in [3.63, 3.8) is 0 Å². The standard InChI is InChI=1S/C28H32ClF3N8O3S/c1-15(26-34-13-20(44-26)25(43)39-21-9-17(28(30,31)32)18(29)12-33-21)37-24(42)19-10-22(36-14-35-19)40-7-5-16(6-8-40)38-23(41)11-27(2,3)4/h9-10,12-16H,5-8,11H2,1-4H3,(H,37,42)(H,38,41)(H,33,39,43). The van der Waals surface area contributed by atoms with Crippen LogP contribution in [0, 0.1) is 5.41 Å². The third-order valence-electron chi connectivity index (χ3n) is 6.63. The molecule has 1 saturated heterocycles. The van der Waals surface area contributed by atoms with E-state index in [4.69, 9.17) is 11.6 Å². The van der Waals surface area contributed by atoms with Crippen LogP contribution in [0.1, 0.15) is 83.7 Å². The molecule has 1 aliphatic rings. The lowest BCUT2D eigenvalue weighted by Gasteiger charge is -2.33. The van der Waals surface area contributed by atoms with Crippen LogP contribution in [0.4, 0.5) is 24.8 Å². The highest BCUT2D eigenvalue weighted by molar-refractivity contribution is 7.13. The highest BCUT2D eigenvalue weighted by atomic mass is 35.5. The number of carbonyl (C=O) groups is 3. The topological polar surface area (TPSA) is 142 Å². The highest BCUT2D eigenvalue weighted by Gasteiger charge is 2.34. The quantitative estimate of drug-likeness (QED) is 0.299. The van der Waals surface area contributed by atoms with Gasteiger partial charge in [-0.1, -0.05) is 32.4 Å². The maximum absolute atomic E-state index is 13.1. The lowest BCUT2D eigenvalue weighted by Crippen LogP contribution is -2.45. The normalized spacial score (nSPS) is 15.0. The molecule has 0 bridgehead atoms. The average molecular weight is 653 g/mol. The van der Waals surface area contributed by atoms with Crippen LogP contribution < -0.4 is 20.9 Å². The van der Waals surface area contributed by atoms with Gasteiger partial charge in [0.25, 0.3) is 11.8 Å². The van der Waals surface area contributed by atoms with E-state index < -0.39 is 34.6 Å². The highest BCUT2D eigenvalue weighted by Crippen LogP contribution is 2.35. The molecule has 0 spiro atoms. The SMILES string of the molecule is CC(NC(=O)c1cc(N2CCC(NC(=O)CC(C)(C)C)CC2)ncn1)c1ncc(C(=O)Nc2cc(C(F)(F)F)c(Cl)cn2)s1. The number of hydrogen-bond donors (Lipinski definition) is 3. The molecule has 1 aliphatic heterocycles. The first kappa shape index (κ1) is 33.1. The summed E-state index contributed by atoms with van der Waals surface area (Å²) in [5.41, 5.74) is -1.06. The zero-order chi connectivity index (χ0) is 32.2. The molecule has 3 N–H and O–H groups in total. The van der Waals surface area contributed by atoms with Gasteiger partial charge in [0.1, 0.15) is 33.5 Å². The number of nitrogens with one attached hydrogen (secondary N) is 3. The number of anilines is 2. The fourth-order valence-electron chi connectivity index (χ4n) is 4.48. The fraction of sp³-hybridized carbons (Fsp3) is 0.464. The van der Waals surface area contributed by atoms with E-state index in [9.17, 15) is 27.6 Å². The third kappa shape index (κ3) is 8.85. The molecule has 44 heavy (non-hydrogen) atoms. The molecular weight excluding hydrogens is 621 g/mol. The van der Waals surface area contributed by atoms with Gasteiger partial charge in [-0.2, -0.15) is 13.2 Å². The second-order valence-corrected chi connectivity index (χ2v) is 13.1. The summed E-state index contributed by atoms with van der Waals surface area (Å²) in [6.45, 7) is 9.05. The molecule has 1 unspecified atom stereocenters. The van der Waals surface area contributed by atoms with Gasteiger partial charge in [0, 0.05) is 37.8 Å². The number of hydrogen-bond acceptors (Lipinski definition) is 9. The molecule has 0 saturated carbocycles. The van der Waals surface area contributed by atoms with Crippen LogP contribution in [-0.4, -0.2) is 56.8 Å². The Morgan fingerprint density at radius 3 is 2.41 bits per heavy atom. The third-order valence-corrected chi connectivity index (χ3v) is 8.11. The van der Waals surface area contributed by atoms with Crippen molar-refractivity contribution in [1.82, 2.24) is 30.6 Å². The van der Waals surface area contributed by atoms with Crippen molar-refractivity contribution in [2.45, 2.75) is 65.2 Å². The van der Waals surface area contributed by atoms with Crippen molar-refractivity contribution in [2.75, 3.05) is 23.3 Å². The molecule has 4 heterocycles. The monoisotopic (exact) mass is 652 g/mol. The molecule has 236 valence electrons. The number of alkyl halides is 3. The molecule has 4 rings (SSSR count). The lowest BCUT2D eigenvalue weighted by atomic mass is 9.91. The van der Waals surface area contributed by atoms with Crippen LogP contribution in [0.2, 0.25) is 5.02 Å². The first-order chi connectivity index (χ1) is 20.6. The summed E-state index contributed by atoms with van der Waals surface area (Å²) >= 11 is 6.55. The van der Waals surface area contributed by atoms with Gasteiger partial charge >= 0.3 is 6.18 Å². The Morgan fingerprint density at radius 1 is 1.05 bits per heavy atom. The Kier molecular flexibility index (Phi) is 10.1. The number of nitrogens with zero attached hydrogens (tertiary/aromatic N) is 5. The van der Waals surface area contributed by atoms with Crippen LogP contribution in [0.5, 0.6) is 0 Å². The van der Waals surface area contributed by atoms with Crippen molar-refractivity contribution in [3.8, 4) is 0 Å². The lowest BCUT2D eigenvalue weighted by molar-refractivity contribution is -0.137. The second-order valence-electron chi connectivity index (χ2n) is 11.6. The summed E-state index contributed by atoms with van der Waals surface area (Å²) in [6, 6.07) is 1.72. The zero-order valence-electron chi connectivity index (χ0n) is 24.5. The Morgan fingerprint density at radius 2 is 1.75 bits per heavy atom. The molecule has 1 atom stereocenters. The smallest absolute Gasteiger partial charge is 0.356 e. The van der Waals surface area contributed by atoms with Gasteiger partial charge < -0.3 is 20.9 Å². The Balaban J connectivity index is 1.32. The first-order valence-electron chi connectivity index (χ1n) is 13.8. The van der Waals surface area contributed by atoms with Gasteiger partial charge in [0.2, 0.25) is 5.91 Å². The minimum atomic E-state index is -4.71. The van der Waals surface area contributed by atoms with E-state index in [-0.39, 0.29) is 33.8 Å². The number of piperidine rings is 1. The van der Waals surface area contributed by atoms with E-state index in [1.807, 2.05) is 25.7 Å². The molecule has 1 fully saturated rings. The Labute approximate surface area is 261 Å². The maximum Gasteiger partial charge on any atom is 0.418 e. The van der Waals surface area contributed by atoms with Crippen molar-refractivity contribution >= 4 is 52.3 Å². The van der Waals surface area contributed by atoms with Crippen molar-refractivity contribution in [2.24, 2.45) is 5.41 Å². The van der Waals surface area contributed by atoms with Crippen molar-refractivity contribution in [1.29, 1.82) is 0 Å².